The highest BCUT2D eigenvalue weighted by Crippen LogP contribution is 2.39. The zero-order chi connectivity index (χ0) is 12.7. The van der Waals surface area contributed by atoms with Crippen LogP contribution in [0.15, 0.2) is 12.1 Å². The number of rotatable bonds is 1. The number of hydrogen-bond acceptors (Lipinski definition) is 3. The maximum atomic E-state index is 9.98. The van der Waals surface area contributed by atoms with Crippen molar-refractivity contribution in [1.29, 1.82) is 0 Å². The van der Waals surface area contributed by atoms with Gasteiger partial charge in [-0.25, -0.2) is 0 Å². The second kappa shape index (κ2) is 4.47. The van der Waals surface area contributed by atoms with Gasteiger partial charge in [-0.05, 0) is 61.9 Å². The van der Waals surface area contributed by atoms with Crippen molar-refractivity contribution in [2.45, 2.75) is 38.6 Å². The number of phenols is 2. The third kappa shape index (κ3) is 1.87. The number of likely N-dealkylation sites (N-methyl/N-ethyl adjacent to an activating group) is 1. The van der Waals surface area contributed by atoms with E-state index < -0.39 is 0 Å². The molecule has 2 aliphatic rings. The normalized spacial score (nSPS) is 27.6. The van der Waals surface area contributed by atoms with E-state index in [9.17, 15) is 10.2 Å². The molecule has 98 valence electrons. The summed E-state index contributed by atoms with van der Waals surface area (Å²) < 4.78 is 0. The lowest BCUT2D eigenvalue weighted by Crippen LogP contribution is -2.48. The van der Waals surface area contributed by atoms with Crippen LogP contribution in [0.5, 0.6) is 11.5 Å². The Bertz CT molecular complexity index is 458. The maximum Gasteiger partial charge on any atom is 0.122 e. The number of fused-ring (bicyclic) bond motifs is 2. The minimum atomic E-state index is 0.184. The lowest BCUT2D eigenvalue weighted by atomic mass is 9.75. The molecule has 1 fully saturated rings. The summed E-state index contributed by atoms with van der Waals surface area (Å²) >= 11 is 0. The fourth-order valence-corrected chi connectivity index (χ4v) is 3.74. The largest absolute Gasteiger partial charge is 0.508 e. The molecule has 0 amide bonds. The van der Waals surface area contributed by atoms with Crippen LogP contribution >= 0.6 is 0 Å². The van der Waals surface area contributed by atoms with Crippen LogP contribution in [-0.2, 0) is 12.8 Å². The summed E-state index contributed by atoms with van der Waals surface area (Å²) in [4.78, 5) is 2.55. The Morgan fingerprint density at radius 1 is 1.28 bits per heavy atom. The first-order valence-corrected chi connectivity index (χ1v) is 6.96. The van der Waals surface area contributed by atoms with Crippen molar-refractivity contribution in [1.82, 2.24) is 4.90 Å². The van der Waals surface area contributed by atoms with Gasteiger partial charge >= 0.3 is 0 Å². The minimum absolute atomic E-state index is 0.184. The Morgan fingerprint density at radius 2 is 2.11 bits per heavy atom. The summed E-state index contributed by atoms with van der Waals surface area (Å²) in [6, 6.07) is 3.89. The zero-order valence-electron chi connectivity index (χ0n) is 10.9. The fourth-order valence-electron chi connectivity index (χ4n) is 3.74. The summed E-state index contributed by atoms with van der Waals surface area (Å²) in [5, 5.41) is 19.6. The predicted molar refractivity (Wildman–Crippen MR) is 70.9 cm³/mol. The van der Waals surface area contributed by atoms with Crippen LogP contribution in [0.4, 0.5) is 0 Å². The topological polar surface area (TPSA) is 43.7 Å². The van der Waals surface area contributed by atoms with E-state index in [4.69, 9.17) is 0 Å². The highest BCUT2D eigenvalue weighted by molar-refractivity contribution is 5.47. The molecule has 0 unspecified atom stereocenters. The molecule has 0 bridgehead atoms. The molecule has 0 radical (unpaired) electrons. The number of benzene rings is 1. The first kappa shape index (κ1) is 11.8. The Balaban J connectivity index is 1.96. The molecule has 1 aromatic carbocycles. The third-order valence-electron chi connectivity index (χ3n) is 4.64. The van der Waals surface area contributed by atoms with Crippen LogP contribution in [0.2, 0.25) is 0 Å². The SMILES string of the molecule is CCN1CCC[C@H]2Cc3c(O)cc(O)cc3C[C@@H]21. The molecule has 1 aromatic rings. The van der Waals surface area contributed by atoms with Crippen molar-refractivity contribution in [2.24, 2.45) is 5.92 Å². The van der Waals surface area contributed by atoms with E-state index in [2.05, 4.69) is 11.8 Å². The molecular weight excluding hydrogens is 226 g/mol. The first-order valence-electron chi connectivity index (χ1n) is 6.96. The summed E-state index contributed by atoms with van der Waals surface area (Å²) in [5.41, 5.74) is 2.20. The van der Waals surface area contributed by atoms with E-state index in [-0.39, 0.29) is 11.5 Å². The van der Waals surface area contributed by atoms with Gasteiger partial charge in [-0.3, -0.25) is 0 Å². The molecule has 0 saturated carbocycles. The highest BCUT2D eigenvalue weighted by atomic mass is 16.3. The maximum absolute atomic E-state index is 9.98. The van der Waals surface area contributed by atoms with Crippen molar-refractivity contribution in [2.75, 3.05) is 13.1 Å². The molecule has 0 spiro atoms. The van der Waals surface area contributed by atoms with E-state index in [0.29, 0.717) is 12.0 Å². The van der Waals surface area contributed by atoms with E-state index in [1.165, 1.54) is 25.5 Å². The molecule has 1 aliphatic carbocycles. The molecule has 2 atom stereocenters. The monoisotopic (exact) mass is 247 g/mol. The van der Waals surface area contributed by atoms with Crippen molar-refractivity contribution >= 4 is 0 Å². The van der Waals surface area contributed by atoms with Gasteiger partial charge in [0.2, 0.25) is 0 Å². The molecular formula is C15H21NO2. The van der Waals surface area contributed by atoms with Crippen LogP contribution < -0.4 is 0 Å². The molecule has 1 aliphatic heterocycles. The van der Waals surface area contributed by atoms with Crippen LogP contribution in [0, 0.1) is 5.92 Å². The van der Waals surface area contributed by atoms with Crippen LogP contribution in [0.1, 0.15) is 30.9 Å². The summed E-state index contributed by atoms with van der Waals surface area (Å²) in [6.07, 6.45) is 4.46. The number of phenolic OH excluding ortho intramolecular Hbond substituents is 2. The van der Waals surface area contributed by atoms with Crippen molar-refractivity contribution < 1.29 is 10.2 Å². The van der Waals surface area contributed by atoms with E-state index >= 15 is 0 Å². The Morgan fingerprint density at radius 3 is 2.89 bits per heavy atom. The predicted octanol–water partition coefficient (Wildman–Crippen LogP) is 2.30. The van der Waals surface area contributed by atoms with Gasteiger partial charge in [0.25, 0.3) is 0 Å². The average molecular weight is 247 g/mol. The van der Waals surface area contributed by atoms with Gasteiger partial charge in [0, 0.05) is 12.1 Å². The molecule has 2 N–H and O–H groups in total. The molecule has 1 saturated heterocycles. The Kier molecular flexibility index (Phi) is 2.94. The number of nitrogens with zero attached hydrogens (tertiary/aromatic N) is 1. The summed E-state index contributed by atoms with van der Waals surface area (Å²) in [6.45, 7) is 4.51. The van der Waals surface area contributed by atoms with Crippen LogP contribution in [-0.4, -0.2) is 34.2 Å². The molecule has 18 heavy (non-hydrogen) atoms. The second-order valence-electron chi connectivity index (χ2n) is 5.61. The molecule has 1 heterocycles. The van der Waals surface area contributed by atoms with Crippen molar-refractivity contribution in [3.05, 3.63) is 23.3 Å². The Hall–Kier alpha value is -1.22. The minimum Gasteiger partial charge on any atom is -0.508 e. The number of likely N-dealkylation sites (tertiary alicyclic amines) is 1. The Labute approximate surface area is 108 Å². The smallest absolute Gasteiger partial charge is 0.122 e. The third-order valence-corrected chi connectivity index (χ3v) is 4.64. The zero-order valence-corrected chi connectivity index (χ0v) is 10.9. The molecule has 3 nitrogen and oxygen atoms in total. The van der Waals surface area contributed by atoms with E-state index in [0.717, 1.165) is 30.5 Å². The van der Waals surface area contributed by atoms with Gasteiger partial charge in [0.1, 0.15) is 11.5 Å². The van der Waals surface area contributed by atoms with E-state index in [1.807, 2.05) is 6.07 Å². The van der Waals surface area contributed by atoms with Crippen molar-refractivity contribution in [3.8, 4) is 11.5 Å². The van der Waals surface area contributed by atoms with Crippen LogP contribution in [0.3, 0.4) is 0 Å². The molecule has 3 rings (SSSR count). The highest BCUT2D eigenvalue weighted by Gasteiger charge is 2.35. The quantitative estimate of drug-likeness (QED) is 0.800. The number of aromatic hydroxyl groups is 2. The first-order chi connectivity index (χ1) is 8.69. The summed E-state index contributed by atoms with van der Waals surface area (Å²) in [7, 11) is 0. The standard InChI is InChI=1S/C15H21NO2/c1-2-16-5-3-4-10-7-13-11(8-14(10)16)6-12(17)9-15(13)18/h6,9-10,14,17-18H,2-5,7-8H2,1H3/t10-,14-/m0/s1. The molecule has 0 aromatic heterocycles. The number of hydrogen-bond donors (Lipinski definition) is 2. The van der Waals surface area contributed by atoms with E-state index in [1.54, 1.807) is 0 Å². The van der Waals surface area contributed by atoms with Gasteiger partial charge in [-0.1, -0.05) is 6.92 Å². The lowest BCUT2D eigenvalue weighted by molar-refractivity contribution is 0.0902. The molecule has 3 heteroatoms. The van der Waals surface area contributed by atoms with Crippen molar-refractivity contribution in [3.63, 3.8) is 0 Å². The van der Waals surface area contributed by atoms with Gasteiger partial charge < -0.3 is 15.1 Å². The van der Waals surface area contributed by atoms with Gasteiger partial charge in [-0.15, -0.1) is 0 Å². The second-order valence-corrected chi connectivity index (χ2v) is 5.61. The number of piperidine rings is 1. The summed E-state index contributed by atoms with van der Waals surface area (Å²) in [5.74, 6) is 1.13. The average Bonchev–Trinajstić information content (AvgIpc) is 2.36. The lowest BCUT2D eigenvalue weighted by Gasteiger charge is -2.44. The fraction of sp³-hybridized carbons (Fsp3) is 0.600. The van der Waals surface area contributed by atoms with Crippen LogP contribution in [0.25, 0.3) is 0 Å². The van der Waals surface area contributed by atoms with Gasteiger partial charge in [0.05, 0.1) is 0 Å². The van der Waals surface area contributed by atoms with Gasteiger partial charge in [-0.2, -0.15) is 0 Å². The van der Waals surface area contributed by atoms with Gasteiger partial charge in [0.15, 0.2) is 0 Å².